The van der Waals surface area contributed by atoms with Gasteiger partial charge < -0.3 is 15.5 Å². The number of aromatic nitrogens is 2. The molecule has 0 unspecified atom stereocenters. The van der Waals surface area contributed by atoms with E-state index in [-0.39, 0.29) is 17.4 Å². The Balaban J connectivity index is 1.66. The maximum atomic E-state index is 11.9. The van der Waals surface area contributed by atoms with Crippen LogP contribution in [-0.2, 0) is 6.54 Å². The van der Waals surface area contributed by atoms with E-state index >= 15 is 0 Å². The predicted molar refractivity (Wildman–Crippen MR) is 117 cm³/mol. The Kier molecular flexibility index (Phi) is 5.89. The molecule has 2 aromatic rings. The number of anilines is 2. The second-order valence-corrected chi connectivity index (χ2v) is 6.94. The van der Waals surface area contributed by atoms with Gasteiger partial charge in [0.15, 0.2) is 0 Å². The van der Waals surface area contributed by atoms with E-state index in [1.165, 1.54) is 7.05 Å². The van der Waals surface area contributed by atoms with E-state index in [9.17, 15) is 9.59 Å². The monoisotopic (exact) mass is 414 g/mol. The molecule has 1 saturated heterocycles. The normalized spacial score (nSPS) is 16.2. The van der Waals surface area contributed by atoms with Crippen molar-refractivity contribution < 1.29 is 13.7 Å². The van der Waals surface area contributed by atoms with Crippen LogP contribution in [0.25, 0.3) is 0 Å². The molecule has 160 valence electrons. The minimum absolute atomic E-state index is 0.0627. The Morgan fingerprint density at radius 3 is 2.70 bits per heavy atom. The number of carbonyl (C=O) groups is 2. The number of hydrogen-bond acceptors (Lipinski definition) is 6. The maximum absolute atomic E-state index is 11.9. The number of urea groups is 1. The number of rotatable bonds is 6. The van der Waals surface area contributed by atoms with Crippen LogP contribution >= 0.6 is 0 Å². The number of piperazine rings is 1. The van der Waals surface area contributed by atoms with Crippen LogP contribution < -0.4 is 20.9 Å². The topological polar surface area (TPSA) is 102 Å². The fourth-order valence-electron chi connectivity index (χ4n) is 3.33. The molecule has 1 aliphatic heterocycles. The van der Waals surface area contributed by atoms with Gasteiger partial charge in [0.25, 0.3) is 5.91 Å². The highest BCUT2D eigenvalue weighted by Gasteiger charge is 2.20. The van der Waals surface area contributed by atoms with Crippen molar-refractivity contribution in [1.29, 1.82) is 0 Å². The van der Waals surface area contributed by atoms with Crippen molar-refractivity contribution in [3.8, 4) is 0 Å². The van der Waals surface area contributed by atoms with Crippen LogP contribution in [0.4, 0.5) is 16.3 Å². The van der Waals surface area contributed by atoms with Crippen LogP contribution in [-0.4, -0.2) is 66.6 Å². The molecule has 0 saturated carbocycles. The summed E-state index contributed by atoms with van der Waals surface area (Å²) in [4.78, 5) is 36.2. The summed E-state index contributed by atoms with van der Waals surface area (Å²) in [5.74, 6) is 0.0666. The number of nitrogens with zero attached hydrogens (tertiary/aromatic N) is 4. The van der Waals surface area contributed by atoms with Gasteiger partial charge in [-0.15, -0.1) is 0 Å². The molecule has 30 heavy (non-hydrogen) atoms. The smallest absolute Gasteiger partial charge is 0.320 e. The first kappa shape index (κ1) is 17.6. The molecular weight excluding hydrogens is 382 g/mol. The van der Waals surface area contributed by atoms with Crippen LogP contribution in [0.15, 0.2) is 30.5 Å². The van der Waals surface area contributed by atoms with E-state index in [1.807, 2.05) is 24.0 Å². The summed E-state index contributed by atoms with van der Waals surface area (Å²) in [6, 6.07) is 6.67. The molecule has 3 rings (SSSR count). The van der Waals surface area contributed by atoms with Crippen molar-refractivity contribution in [2.75, 3.05) is 50.0 Å². The number of nitrogens with one attached hydrogen (secondary N) is 3. The molecule has 3 heterocycles. The Bertz CT molecular complexity index is 992. The molecule has 0 spiro atoms. The standard InChI is InChI=1S/C21H29N7O2/c1-4-23-21(30)26-19-13-16(7-8-24-19)14-27-9-11-28(12-10-27)18-6-5-17(20(29)22-3)25-15(18)2/h5-8,13H,4,9-12,14H2,1-3H3,(H,22,29)(H2,23,24,26,30)/i2D3. The van der Waals surface area contributed by atoms with Gasteiger partial charge in [-0.2, -0.15) is 0 Å². The average molecular weight is 415 g/mol. The van der Waals surface area contributed by atoms with Crippen LogP contribution in [0.5, 0.6) is 0 Å². The summed E-state index contributed by atoms with van der Waals surface area (Å²) in [6.45, 7) is 3.32. The van der Waals surface area contributed by atoms with E-state index in [2.05, 4.69) is 30.8 Å². The van der Waals surface area contributed by atoms with Crippen molar-refractivity contribution in [2.24, 2.45) is 0 Å². The van der Waals surface area contributed by atoms with Crippen LogP contribution in [0.2, 0.25) is 0 Å². The van der Waals surface area contributed by atoms with E-state index < -0.39 is 12.8 Å². The first-order valence-electron chi connectivity index (χ1n) is 11.4. The molecule has 0 bridgehead atoms. The molecule has 1 fully saturated rings. The largest absolute Gasteiger partial charge is 0.368 e. The van der Waals surface area contributed by atoms with E-state index in [0.29, 0.717) is 37.7 Å². The van der Waals surface area contributed by atoms with Gasteiger partial charge in [0.05, 0.1) is 11.4 Å². The first-order valence-corrected chi connectivity index (χ1v) is 9.92. The Morgan fingerprint density at radius 1 is 1.20 bits per heavy atom. The Morgan fingerprint density at radius 2 is 2.00 bits per heavy atom. The zero-order chi connectivity index (χ0) is 24.0. The molecule has 3 amide bonds. The molecule has 1 aliphatic rings. The fourth-order valence-corrected chi connectivity index (χ4v) is 3.33. The zero-order valence-corrected chi connectivity index (χ0v) is 17.2. The molecule has 0 atom stereocenters. The van der Waals surface area contributed by atoms with Gasteiger partial charge in [0, 0.05) is 56.6 Å². The predicted octanol–water partition coefficient (Wildman–Crippen LogP) is 1.61. The van der Waals surface area contributed by atoms with E-state index in [4.69, 9.17) is 4.11 Å². The molecule has 0 aliphatic carbocycles. The third kappa shape index (κ3) is 5.44. The lowest BCUT2D eigenvalue weighted by Gasteiger charge is -2.36. The van der Waals surface area contributed by atoms with Crippen molar-refractivity contribution in [1.82, 2.24) is 25.5 Å². The molecular formula is C21H29N7O2. The SMILES string of the molecule is [2H]C([2H])([2H])c1nc(C(=O)NC)ccc1N1CCN(Cc2ccnc(NC(=O)NCC)c2)CC1. The minimum Gasteiger partial charge on any atom is -0.368 e. The number of aryl methyl sites for hydroxylation is 1. The highest BCUT2D eigenvalue weighted by Crippen LogP contribution is 2.21. The zero-order valence-electron chi connectivity index (χ0n) is 20.2. The van der Waals surface area contributed by atoms with Gasteiger partial charge >= 0.3 is 6.03 Å². The van der Waals surface area contributed by atoms with Crippen LogP contribution in [0.1, 0.15) is 32.8 Å². The number of carbonyl (C=O) groups excluding carboxylic acids is 2. The van der Waals surface area contributed by atoms with Gasteiger partial charge in [0.1, 0.15) is 11.5 Å². The summed E-state index contributed by atoms with van der Waals surface area (Å²) in [5, 5.41) is 7.85. The molecule has 9 nitrogen and oxygen atoms in total. The van der Waals surface area contributed by atoms with Crippen LogP contribution in [0, 0.1) is 6.85 Å². The Labute approximate surface area is 181 Å². The van der Waals surface area contributed by atoms with Gasteiger partial charge in [-0.05, 0) is 43.6 Å². The summed E-state index contributed by atoms with van der Waals surface area (Å²) in [5.41, 5.74) is 1.57. The lowest BCUT2D eigenvalue weighted by atomic mass is 10.2. The van der Waals surface area contributed by atoms with Gasteiger partial charge in [-0.3, -0.25) is 15.0 Å². The van der Waals surface area contributed by atoms with Crippen molar-refractivity contribution in [3.05, 3.63) is 47.4 Å². The molecule has 9 heteroatoms. The second-order valence-electron chi connectivity index (χ2n) is 6.94. The van der Waals surface area contributed by atoms with E-state index in [1.54, 1.807) is 18.3 Å². The Hall–Kier alpha value is -3.20. The van der Waals surface area contributed by atoms with Crippen molar-refractivity contribution in [2.45, 2.75) is 20.3 Å². The number of amides is 3. The second kappa shape index (κ2) is 10.0. The molecule has 0 aromatic carbocycles. The summed E-state index contributed by atoms with van der Waals surface area (Å²) < 4.78 is 23.6. The van der Waals surface area contributed by atoms with Crippen molar-refractivity contribution in [3.63, 3.8) is 0 Å². The minimum atomic E-state index is -2.43. The summed E-state index contributed by atoms with van der Waals surface area (Å²) >= 11 is 0. The summed E-state index contributed by atoms with van der Waals surface area (Å²) in [7, 11) is 1.48. The van der Waals surface area contributed by atoms with E-state index in [0.717, 1.165) is 18.7 Å². The molecule has 0 radical (unpaired) electrons. The van der Waals surface area contributed by atoms with Crippen molar-refractivity contribution >= 4 is 23.4 Å². The maximum Gasteiger partial charge on any atom is 0.320 e. The van der Waals surface area contributed by atoms with Gasteiger partial charge in [-0.25, -0.2) is 14.8 Å². The number of pyridine rings is 2. The number of hydrogen-bond donors (Lipinski definition) is 3. The third-order valence-electron chi connectivity index (χ3n) is 4.86. The van der Waals surface area contributed by atoms with Gasteiger partial charge in [-0.1, -0.05) is 0 Å². The van der Waals surface area contributed by atoms with Crippen LogP contribution in [0.3, 0.4) is 0 Å². The summed E-state index contributed by atoms with van der Waals surface area (Å²) in [6.07, 6.45) is 1.66. The molecule has 2 aromatic heterocycles. The average Bonchev–Trinajstić information content (AvgIpc) is 2.78. The third-order valence-corrected chi connectivity index (χ3v) is 4.86. The highest BCUT2D eigenvalue weighted by atomic mass is 16.2. The fraction of sp³-hybridized carbons (Fsp3) is 0.429. The highest BCUT2D eigenvalue weighted by molar-refractivity contribution is 5.92. The molecule has 3 N–H and O–H groups in total. The lowest BCUT2D eigenvalue weighted by molar-refractivity contribution is 0.0958. The first-order chi connectivity index (χ1) is 15.7. The van der Waals surface area contributed by atoms with Gasteiger partial charge in [0.2, 0.25) is 0 Å². The lowest BCUT2D eigenvalue weighted by Crippen LogP contribution is -2.46. The quantitative estimate of drug-likeness (QED) is 0.664.